The Morgan fingerprint density at radius 3 is 2.74 bits per heavy atom. The maximum Gasteiger partial charge on any atom is 0.151 e. The molecule has 19 heavy (non-hydrogen) atoms. The third-order valence-electron chi connectivity index (χ3n) is 3.47. The van der Waals surface area contributed by atoms with Crippen molar-refractivity contribution in [2.75, 3.05) is 19.6 Å². The summed E-state index contributed by atoms with van der Waals surface area (Å²) in [4.78, 5) is 14.0. The molecule has 1 aromatic carbocycles. The lowest BCUT2D eigenvalue weighted by molar-refractivity contribution is -0.121. The van der Waals surface area contributed by atoms with Crippen molar-refractivity contribution >= 4 is 5.78 Å². The Bertz CT molecular complexity index is 442. The predicted molar refractivity (Wildman–Crippen MR) is 71.4 cm³/mol. The van der Waals surface area contributed by atoms with E-state index in [9.17, 15) is 14.3 Å². The molecule has 4 heteroatoms. The van der Waals surface area contributed by atoms with E-state index in [1.807, 2.05) is 11.8 Å². The molecule has 1 aliphatic rings. The van der Waals surface area contributed by atoms with Crippen molar-refractivity contribution in [2.45, 2.75) is 31.8 Å². The molecule has 1 N–H and O–H groups in total. The third-order valence-corrected chi connectivity index (χ3v) is 3.47. The van der Waals surface area contributed by atoms with Crippen LogP contribution in [-0.4, -0.2) is 41.0 Å². The molecule has 1 heterocycles. The number of halogens is 1. The first-order valence-corrected chi connectivity index (χ1v) is 6.65. The Morgan fingerprint density at radius 1 is 1.42 bits per heavy atom. The average Bonchev–Trinajstić information content (AvgIpc) is 2.30. The molecule has 0 amide bonds. The number of nitrogens with zero attached hydrogens (tertiary/aromatic N) is 1. The van der Waals surface area contributed by atoms with Gasteiger partial charge in [-0.05, 0) is 44.0 Å². The quantitative estimate of drug-likeness (QED) is 0.902. The molecular weight excluding hydrogens is 245 g/mol. The second-order valence-electron chi connectivity index (χ2n) is 5.65. The topological polar surface area (TPSA) is 40.5 Å². The van der Waals surface area contributed by atoms with Gasteiger partial charge in [-0.25, -0.2) is 4.39 Å². The molecule has 2 rings (SSSR count). The molecule has 0 aliphatic carbocycles. The van der Waals surface area contributed by atoms with E-state index in [-0.39, 0.29) is 11.6 Å². The van der Waals surface area contributed by atoms with Gasteiger partial charge in [-0.1, -0.05) is 12.1 Å². The molecule has 0 aromatic heterocycles. The summed E-state index contributed by atoms with van der Waals surface area (Å²) in [5.41, 5.74) is 0.143. The monoisotopic (exact) mass is 265 g/mol. The summed E-state index contributed by atoms with van der Waals surface area (Å²) in [6.07, 6.45) is 2.02. The highest BCUT2D eigenvalue weighted by Gasteiger charge is 2.28. The number of piperidine rings is 1. The van der Waals surface area contributed by atoms with Crippen LogP contribution in [0.4, 0.5) is 4.39 Å². The number of ketones is 1. The highest BCUT2D eigenvalue weighted by Crippen LogP contribution is 2.20. The van der Waals surface area contributed by atoms with E-state index >= 15 is 0 Å². The fourth-order valence-electron chi connectivity index (χ4n) is 2.59. The van der Waals surface area contributed by atoms with Gasteiger partial charge in [0.1, 0.15) is 5.82 Å². The first-order valence-electron chi connectivity index (χ1n) is 6.65. The van der Waals surface area contributed by atoms with E-state index in [0.29, 0.717) is 19.5 Å². The fraction of sp³-hybridized carbons (Fsp3) is 0.533. The smallest absolute Gasteiger partial charge is 0.151 e. The van der Waals surface area contributed by atoms with Gasteiger partial charge in [0.25, 0.3) is 0 Å². The summed E-state index contributed by atoms with van der Waals surface area (Å²) >= 11 is 0. The Balaban J connectivity index is 1.85. The summed E-state index contributed by atoms with van der Waals surface area (Å²) in [5.74, 6) is -0.187. The first kappa shape index (κ1) is 14.2. The summed E-state index contributed by atoms with van der Waals surface area (Å²) in [5, 5.41) is 9.98. The zero-order chi connectivity index (χ0) is 13.9. The molecule has 3 nitrogen and oxygen atoms in total. The second kappa shape index (κ2) is 5.80. The lowest BCUT2D eigenvalue weighted by Gasteiger charge is -2.36. The van der Waals surface area contributed by atoms with Gasteiger partial charge in [-0.3, -0.25) is 9.69 Å². The molecule has 1 aliphatic heterocycles. The van der Waals surface area contributed by atoms with Crippen molar-refractivity contribution in [1.82, 2.24) is 4.90 Å². The van der Waals surface area contributed by atoms with Crippen molar-refractivity contribution in [3.05, 3.63) is 35.6 Å². The van der Waals surface area contributed by atoms with Crippen LogP contribution in [0.3, 0.4) is 0 Å². The van der Waals surface area contributed by atoms with Crippen LogP contribution in [0.2, 0.25) is 0 Å². The largest absolute Gasteiger partial charge is 0.389 e. The number of hydrogen-bond acceptors (Lipinski definition) is 3. The second-order valence-corrected chi connectivity index (χ2v) is 5.65. The van der Waals surface area contributed by atoms with Gasteiger partial charge < -0.3 is 5.11 Å². The van der Waals surface area contributed by atoms with E-state index in [0.717, 1.165) is 24.9 Å². The Hall–Kier alpha value is -1.26. The van der Waals surface area contributed by atoms with Crippen LogP contribution in [0.25, 0.3) is 0 Å². The minimum Gasteiger partial charge on any atom is -0.389 e. The highest BCUT2D eigenvalue weighted by molar-refractivity contribution is 5.82. The minimum atomic E-state index is -0.686. The molecule has 1 saturated heterocycles. The van der Waals surface area contributed by atoms with E-state index in [2.05, 4.69) is 0 Å². The number of Topliss-reactive ketones (excluding diaryl/α,β-unsaturated/α-hetero) is 1. The molecular formula is C15H20FNO2. The molecule has 1 fully saturated rings. The van der Waals surface area contributed by atoms with Gasteiger partial charge in [0.15, 0.2) is 5.78 Å². The molecule has 1 aromatic rings. The highest BCUT2D eigenvalue weighted by atomic mass is 19.1. The Kier molecular flexibility index (Phi) is 4.32. The van der Waals surface area contributed by atoms with Crippen LogP contribution in [-0.2, 0) is 11.2 Å². The SMILES string of the molecule is CC1(O)CCCN(CC(=O)Cc2ccc(F)cc2)C1. The lowest BCUT2D eigenvalue weighted by Crippen LogP contribution is -2.47. The number of aliphatic hydroxyl groups is 1. The number of likely N-dealkylation sites (tertiary alicyclic amines) is 1. The number of β-amino-alcohol motifs (C(OH)–C–C–N with tert-alkyl or cyclic N) is 1. The average molecular weight is 265 g/mol. The van der Waals surface area contributed by atoms with Crippen LogP contribution in [0, 0.1) is 5.82 Å². The molecule has 0 bridgehead atoms. The van der Waals surface area contributed by atoms with Crippen molar-refractivity contribution in [3.63, 3.8) is 0 Å². The van der Waals surface area contributed by atoms with Gasteiger partial charge in [0.05, 0.1) is 12.1 Å². The van der Waals surface area contributed by atoms with Crippen molar-refractivity contribution in [1.29, 1.82) is 0 Å². The summed E-state index contributed by atoms with van der Waals surface area (Å²) in [6.45, 7) is 3.56. The minimum absolute atomic E-state index is 0.101. The third kappa shape index (κ3) is 4.40. The van der Waals surface area contributed by atoms with Gasteiger partial charge in [-0.15, -0.1) is 0 Å². The molecule has 104 valence electrons. The van der Waals surface area contributed by atoms with Crippen molar-refractivity contribution < 1.29 is 14.3 Å². The fourth-order valence-corrected chi connectivity index (χ4v) is 2.59. The number of benzene rings is 1. The van der Waals surface area contributed by atoms with Crippen LogP contribution in [0.1, 0.15) is 25.3 Å². The standard InChI is InChI=1S/C15H20FNO2/c1-15(19)7-2-8-17(11-15)10-14(18)9-12-3-5-13(16)6-4-12/h3-6,19H,2,7-11H2,1H3. The summed E-state index contributed by atoms with van der Waals surface area (Å²) in [6, 6.07) is 6.02. The van der Waals surface area contributed by atoms with E-state index in [1.54, 1.807) is 12.1 Å². The van der Waals surface area contributed by atoms with Crippen LogP contribution in [0.15, 0.2) is 24.3 Å². The van der Waals surface area contributed by atoms with E-state index in [4.69, 9.17) is 0 Å². The molecule has 0 saturated carbocycles. The number of rotatable bonds is 4. The van der Waals surface area contributed by atoms with E-state index in [1.165, 1.54) is 12.1 Å². The van der Waals surface area contributed by atoms with Crippen LogP contribution in [0.5, 0.6) is 0 Å². The zero-order valence-electron chi connectivity index (χ0n) is 11.2. The maximum atomic E-state index is 12.8. The molecule has 1 atom stereocenters. The number of carbonyl (C=O) groups is 1. The van der Waals surface area contributed by atoms with Gasteiger partial charge >= 0.3 is 0 Å². The van der Waals surface area contributed by atoms with Crippen molar-refractivity contribution in [3.8, 4) is 0 Å². The maximum absolute atomic E-state index is 12.8. The van der Waals surface area contributed by atoms with Crippen LogP contribution < -0.4 is 0 Å². The molecule has 0 spiro atoms. The van der Waals surface area contributed by atoms with Gasteiger partial charge in [0.2, 0.25) is 0 Å². The number of hydrogen-bond donors (Lipinski definition) is 1. The summed E-state index contributed by atoms with van der Waals surface area (Å²) in [7, 11) is 0. The van der Waals surface area contributed by atoms with Crippen molar-refractivity contribution in [2.24, 2.45) is 0 Å². The molecule has 0 radical (unpaired) electrons. The van der Waals surface area contributed by atoms with Gasteiger partial charge in [0, 0.05) is 13.0 Å². The van der Waals surface area contributed by atoms with Crippen LogP contribution >= 0.6 is 0 Å². The summed E-state index contributed by atoms with van der Waals surface area (Å²) < 4.78 is 12.8. The zero-order valence-corrected chi connectivity index (χ0v) is 11.2. The Morgan fingerprint density at radius 2 is 2.11 bits per heavy atom. The molecule has 1 unspecified atom stereocenters. The first-order chi connectivity index (χ1) is 8.94. The number of carbonyl (C=O) groups excluding carboxylic acids is 1. The predicted octanol–water partition coefficient (Wildman–Crippen LogP) is 1.78. The lowest BCUT2D eigenvalue weighted by atomic mass is 9.95. The van der Waals surface area contributed by atoms with Gasteiger partial charge in [-0.2, -0.15) is 0 Å². The van der Waals surface area contributed by atoms with E-state index < -0.39 is 5.60 Å². The Labute approximate surface area is 113 Å². The normalized spacial score (nSPS) is 24.4.